The van der Waals surface area contributed by atoms with Crippen molar-refractivity contribution in [3.63, 3.8) is 0 Å². The lowest BCUT2D eigenvalue weighted by Gasteiger charge is -2.25. The molecule has 0 unspecified atom stereocenters. The smallest absolute Gasteiger partial charge is 0.243 e. The minimum Gasteiger partial charge on any atom is -0.342 e. The number of nitrogens with one attached hydrogen (secondary N) is 1. The molecule has 1 saturated carbocycles. The van der Waals surface area contributed by atoms with Crippen LogP contribution in [0.25, 0.3) is 0 Å². The van der Waals surface area contributed by atoms with Gasteiger partial charge in [0.25, 0.3) is 0 Å². The molecule has 1 aromatic carbocycles. The van der Waals surface area contributed by atoms with Gasteiger partial charge in [-0.05, 0) is 36.0 Å². The third-order valence-corrected chi connectivity index (χ3v) is 5.53. The first-order valence-corrected chi connectivity index (χ1v) is 9.75. The Morgan fingerprint density at radius 2 is 1.93 bits per heavy atom. The zero-order valence-corrected chi connectivity index (χ0v) is 15.8. The van der Waals surface area contributed by atoms with E-state index in [0.29, 0.717) is 5.92 Å². The van der Waals surface area contributed by atoms with Gasteiger partial charge in [0, 0.05) is 19.5 Å². The summed E-state index contributed by atoms with van der Waals surface area (Å²) in [6.07, 6.45) is 3.14. The van der Waals surface area contributed by atoms with E-state index in [9.17, 15) is 14.0 Å². The highest BCUT2D eigenvalue weighted by molar-refractivity contribution is 5.88. The summed E-state index contributed by atoms with van der Waals surface area (Å²) in [4.78, 5) is 30.7. The first-order chi connectivity index (χ1) is 13.5. The van der Waals surface area contributed by atoms with Crippen molar-refractivity contribution in [2.45, 2.75) is 50.4 Å². The highest BCUT2D eigenvalue weighted by atomic mass is 19.1. The molecule has 2 fully saturated rings. The van der Waals surface area contributed by atoms with Crippen LogP contribution in [0.4, 0.5) is 4.39 Å². The fourth-order valence-electron chi connectivity index (χ4n) is 3.84. The van der Waals surface area contributed by atoms with Gasteiger partial charge in [0.2, 0.25) is 11.8 Å². The Kier molecular flexibility index (Phi) is 5.11. The van der Waals surface area contributed by atoms with E-state index in [2.05, 4.69) is 16.4 Å². The van der Waals surface area contributed by atoms with Gasteiger partial charge in [0.15, 0.2) is 0 Å². The largest absolute Gasteiger partial charge is 0.342 e. The predicted octanol–water partition coefficient (Wildman–Crippen LogP) is 3.12. The fraction of sp³-hybridized carbons (Fsp3) is 0.409. The number of benzene rings is 1. The molecule has 6 heteroatoms. The molecule has 0 radical (unpaired) electrons. The molecule has 1 saturated heterocycles. The van der Waals surface area contributed by atoms with Crippen LogP contribution < -0.4 is 5.32 Å². The van der Waals surface area contributed by atoms with Crippen molar-refractivity contribution >= 4 is 11.8 Å². The lowest BCUT2D eigenvalue weighted by atomic mass is 10.0. The van der Waals surface area contributed by atoms with Crippen molar-refractivity contribution in [2.24, 2.45) is 0 Å². The first-order valence-electron chi connectivity index (χ1n) is 9.75. The topological polar surface area (TPSA) is 62.3 Å². The van der Waals surface area contributed by atoms with Gasteiger partial charge < -0.3 is 10.2 Å². The predicted molar refractivity (Wildman–Crippen MR) is 103 cm³/mol. The number of carbonyl (C=O) groups is 2. The van der Waals surface area contributed by atoms with Crippen molar-refractivity contribution in [3.05, 3.63) is 65.5 Å². The Morgan fingerprint density at radius 3 is 2.54 bits per heavy atom. The van der Waals surface area contributed by atoms with Gasteiger partial charge in [-0.1, -0.05) is 36.4 Å². The average Bonchev–Trinajstić information content (AvgIpc) is 3.48. The quantitative estimate of drug-likeness (QED) is 0.866. The number of pyridine rings is 1. The number of hydrogen-bond donors (Lipinski definition) is 1. The van der Waals surface area contributed by atoms with E-state index in [0.717, 1.165) is 11.3 Å². The summed E-state index contributed by atoms with van der Waals surface area (Å²) in [5, 5.41) is 3.00. The minimum atomic E-state index is -1.18. The van der Waals surface area contributed by atoms with Crippen LogP contribution in [0.15, 0.2) is 48.7 Å². The number of carbonyl (C=O) groups excluding carboxylic acids is 2. The Morgan fingerprint density at radius 1 is 1.18 bits per heavy atom. The maximum absolute atomic E-state index is 13.9. The van der Waals surface area contributed by atoms with Crippen molar-refractivity contribution in [1.82, 2.24) is 15.2 Å². The molecule has 2 aromatic rings. The zero-order valence-electron chi connectivity index (χ0n) is 15.8. The highest BCUT2D eigenvalue weighted by Crippen LogP contribution is 2.39. The second kappa shape index (κ2) is 7.70. The summed E-state index contributed by atoms with van der Waals surface area (Å²) in [5.74, 6) is -0.0313. The van der Waals surface area contributed by atoms with Gasteiger partial charge in [-0.3, -0.25) is 14.6 Å². The second-order valence-corrected chi connectivity index (χ2v) is 7.66. The van der Waals surface area contributed by atoms with Gasteiger partial charge in [-0.25, -0.2) is 4.39 Å². The monoisotopic (exact) mass is 381 g/mol. The van der Waals surface area contributed by atoms with Crippen LogP contribution in [-0.2, 0) is 9.59 Å². The number of rotatable bonds is 5. The average molecular weight is 381 g/mol. The summed E-state index contributed by atoms with van der Waals surface area (Å²) < 4.78 is 13.9. The second-order valence-electron chi connectivity index (χ2n) is 7.66. The van der Waals surface area contributed by atoms with Crippen molar-refractivity contribution < 1.29 is 14.0 Å². The van der Waals surface area contributed by atoms with Crippen LogP contribution in [0.3, 0.4) is 0 Å². The van der Waals surface area contributed by atoms with Crippen LogP contribution in [0.2, 0.25) is 0 Å². The number of aromatic nitrogens is 1. The number of likely N-dealkylation sites (tertiary alicyclic amines) is 1. The molecule has 0 bridgehead atoms. The van der Waals surface area contributed by atoms with Gasteiger partial charge in [-0.15, -0.1) is 0 Å². The van der Waals surface area contributed by atoms with E-state index in [1.807, 2.05) is 42.6 Å². The summed E-state index contributed by atoms with van der Waals surface area (Å²) in [6, 6.07) is 12.4. The molecule has 1 N–H and O–H groups in total. The van der Waals surface area contributed by atoms with Crippen molar-refractivity contribution in [1.29, 1.82) is 0 Å². The Balaban J connectivity index is 1.59. The number of alkyl halides is 1. The molecule has 4 rings (SSSR count). The number of hydrogen-bond acceptors (Lipinski definition) is 3. The molecule has 5 nitrogen and oxygen atoms in total. The van der Waals surface area contributed by atoms with Crippen molar-refractivity contribution in [3.8, 4) is 0 Å². The first kappa shape index (κ1) is 18.6. The molecule has 1 aliphatic heterocycles. The Hall–Kier alpha value is -2.76. The van der Waals surface area contributed by atoms with Gasteiger partial charge in [0.05, 0.1) is 18.3 Å². The van der Waals surface area contributed by atoms with E-state index in [-0.39, 0.29) is 24.8 Å². The number of nitrogens with zero attached hydrogens (tertiary/aromatic N) is 2. The summed E-state index contributed by atoms with van der Waals surface area (Å²) in [6.45, 7) is 1.34. The van der Waals surface area contributed by atoms with E-state index < -0.39 is 18.3 Å². The molecule has 1 aliphatic carbocycles. The molecule has 28 heavy (non-hydrogen) atoms. The van der Waals surface area contributed by atoms with E-state index in [1.165, 1.54) is 30.2 Å². The Labute approximate surface area is 164 Å². The molecule has 0 spiro atoms. The van der Waals surface area contributed by atoms with Crippen LogP contribution in [-0.4, -0.2) is 40.5 Å². The molecule has 146 valence electrons. The summed E-state index contributed by atoms with van der Waals surface area (Å²) >= 11 is 0. The summed E-state index contributed by atoms with van der Waals surface area (Å²) in [5.41, 5.74) is 2.85. The number of halogens is 1. The molecule has 3 atom stereocenters. The van der Waals surface area contributed by atoms with Gasteiger partial charge >= 0.3 is 0 Å². The van der Waals surface area contributed by atoms with E-state index in [1.54, 1.807) is 0 Å². The highest BCUT2D eigenvalue weighted by Gasteiger charge is 2.39. The summed E-state index contributed by atoms with van der Waals surface area (Å²) in [7, 11) is 0. The van der Waals surface area contributed by atoms with Crippen LogP contribution >= 0.6 is 0 Å². The lowest BCUT2D eigenvalue weighted by Crippen LogP contribution is -2.46. The fourth-order valence-corrected chi connectivity index (χ4v) is 3.84. The van der Waals surface area contributed by atoms with Crippen molar-refractivity contribution in [2.75, 3.05) is 6.54 Å². The van der Waals surface area contributed by atoms with Gasteiger partial charge in [-0.2, -0.15) is 0 Å². The zero-order chi connectivity index (χ0) is 19.7. The van der Waals surface area contributed by atoms with E-state index >= 15 is 0 Å². The Bertz CT molecular complexity index is 852. The minimum absolute atomic E-state index is 0.0287. The normalized spacial score (nSPS) is 22.7. The van der Waals surface area contributed by atoms with Gasteiger partial charge in [0.1, 0.15) is 12.2 Å². The molecule has 2 amide bonds. The third-order valence-electron chi connectivity index (χ3n) is 5.53. The standard InChI is InChI=1S/C22H24FN3O2/c1-14(27)26-13-18(23)11-20(26)22(28)25-21(16-5-3-2-4-6-16)19-10-9-17(12-24-19)15-7-8-15/h2-6,9-10,12,15,18,20-21H,7-8,11,13H2,1H3,(H,25,28)/t18-,20+,21-/m1/s1. The maximum Gasteiger partial charge on any atom is 0.243 e. The molecule has 1 aromatic heterocycles. The molecular formula is C22H24FN3O2. The number of amides is 2. The maximum atomic E-state index is 13.9. The molecular weight excluding hydrogens is 357 g/mol. The molecule has 2 aliphatic rings. The SMILES string of the molecule is CC(=O)N1C[C@H](F)C[C@H]1C(=O)N[C@H](c1ccccc1)c1ccc(C2CC2)cn1. The van der Waals surface area contributed by atoms with Crippen LogP contribution in [0, 0.1) is 0 Å². The third kappa shape index (κ3) is 3.91. The lowest BCUT2D eigenvalue weighted by molar-refractivity contribution is -0.137. The van der Waals surface area contributed by atoms with Crippen LogP contribution in [0.1, 0.15) is 55.0 Å². The molecule has 2 heterocycles. The van der Waals surface area contributed by atoms with E-state index in [4.69, 9.17) is 0 Å². The van der Waals surface area contributed by atoms with Crippen LogP contribution in [0.5, 0.6) is 0 Å².